The van der Waals surface area contributed by atoms with Crippen LogP contribution in [0, 0.1) is 0 Å². The molecule has 2 atom stereocenters. The van der Waals surface area contributed by atoms with E-state index in [1.807, 2.05) is 0 Å². The summed E-state index contributed by atoms with van der Waals surface area (Å²) in [7, 11) is 1.08. The first-order chi connectivity index (χ1) is 9.64. The van der Waals surface area contributed by atoms with Crippen LogP contribution in [0.2, 0.25) is 0 Å². The van der Waals surface area contributed by atoms with Gasteiger partial charge in [-0.15, -0.1) is 13.2 Å². The Morgan fingerprint density at radius 3 is 2.52 bits per heavy atom. The average molecular weight is 373 g/mol. The summed E-state index contributed by atoms with van der Waals surface area (Å²) in [5.41, 5.74) is -0.299. The van der Waals surface area contributed by atoms with Gasteiger partial charge in [-0.25, -0.2) is 0 Å². The van der Waals surface area contributed by atoms with Gasteiger partial charge in [-0.2, -0.15) is 0 Å². The van der Waals surface area contributed by atoms with Crippen LogP contribution < -0.4 is 4.74 Å². The molecule has 0 saturated carbocycles. The molecule has 1 rings (SSSR count). The molecule has 0 amide bonds. The molecule has 0 heterocycles. The number of aliphatic hydroxyl groups is 2. The number of hydrogen-bond acceptors (Lipinski definition) is 5. The molecule has 2 N–H and O–H groups in total. The molecule has 0 radical (unpaired) electrons. The van der Waals surface area contributed by atoms with E-state index >= 15 is 0 Å². The number of methoxy groups -OCH3 is 1. The molecule has 0 saturated heterocycles. The summed E-state index contributed by atoms with van der Waals surface area (Å²) in [6.45, 7) is 0. The molecule has 0 aliphatic rings. The highest BCUT2D eigenvalue weighted by Crippen LogP contribution is 2.34. The van der Waals surface area contributed by atoms with Crippen LogP contribution in [0.25, 0.3) is 0 Å². The maximum atomic E-state index is 12.3. The zero-order valence-corrected chi connectivity index (χ0v) is 12.3. The Labute approximate surface area is 126 Å². The van der Waals surface area contributed by atoms with Gasteiger partial charge in [-0.3, -0.25) is 4.79 Å². The summed E-state index contributed by atoms with van der Waals surface area (Å²) in [5, 5.41) is 19.5. The summed E-state index contributed by atoms with van der Waals surface area (Å²) >= 11 is 2.98. The molecule has 5 nitrogen and oxygen atoms in total. The normalized spacial score (nSPS) is 14.4. The van der Waals surface area contributed by atoms with E-state index in [2.05, 4.69) is 25.4 Å². The number of benzene rings is 1. The van der Waals surface area contributed by atoms with Gasteiger partial charge in [0.25, 0.3) is 0 Å². The van der Waals surface area contributed by atoms with Gasteiger partial charge in [0.1, 0.15) is 11.9 Å². The minimum absolute atomic E-state index is 0.292. The summed E-state index contributed by atoms with van der Waals surface area (Å²) in [5.74, 6) is -1.48. The second kappa shape index (κ2) is 7.10. The van der Waals surface area contributed by atoms with Crippen molar-refractivity contribution in [3.8, 4) is 5.75 Å². The molecular formula is C12H12BrF3O5. The molecule has 0 aromatic heterocycles. The van der Waals surface area contributed by atoms with Gasteiger partial charge in [0, 0.05) is 10.0 Å². The van der Waals surface area contributed by atoms with Crippen molar-refractivity contribution in [1.29, 1.82) is 0 Å². The quantitative estimate of drug-likeness (QED) is 0.775. The fraction of sp³-hybridized carbons (Fsp3) is 0.417. The second-order valence-electron chi connectivity index (χ2n) is 4.02. The topological polar surface area (TPSA) is 76.0 Å². The van der Waals surface area contributed by atoms with Gasteiger partial charge >= 0.3 is 12.3 Å². The lowest BCUT2D eigenvalue weighted by Crippen LogP contribution is -2.24. The summed E-state index contributed by atoms with van der Waals surface area (Å²) in [4.78, 5) is 11.0. The fourth-order valence-electron chi connectivity index (χ4n) is 1.54. The molecule has 118 valence electrons. The molecule has 0 bridgehead atoms. The smallest absolute Gasteiger partial charge is 0.469 e. The fourth-order valence-corrected chi connectivity index (χ4v) is 1.88. The van der Waals surface area contributed by atoms with E-state index in [4.69, 9.17) is 0 Å². The minimum Gasteiger partial charge on any atom is -0.469 e. The van der Waals surface area contributed by atoms with Gasteiger partial charge < -0.3 is 19.7 Å². The maximum absolute atomic E-state index is 12.3. The van der Waals surface area contributed by atoms with Crippen molar-refractivity contribution >= 4 is 21.9 Å². The molecule has 21 heavy (non-hydrogen) atoms. The number of ether oxygens (including phenoxy) is 2. The van der Waals surface area contributed by atoms with E-state index in [9.17, 15) is 28.2 Å². The highest BCUT2D eigenvalue weighted by molar-refractivity contribution is 9.10. The number of esters is 1. The maximum Gasteiger partial charge on any atom is 0.573 e. The van der Waals surface area contributed by atoms with Crippen LogP contribution in [0.5, 0.6) is 5.75 Å². The van der Waals surface area contributed by atoms with Crippen molar-refractivity contribution in [2.45, 2.75) is 25.0 Å². The molecule has 9 heteroatoms. The van der Waals surface area contributed by atoms with Crippen LogP contribution in [0.3, 0.4) is 0 Å². The van der Waals surface area contributed by atoms with Crippen molar-refractivity contribution in [1.82, 2.24) is 0 Å². The first kappa shape index (κ1) is 17.7. The van der Waals surface area contributed by atoms with Crippen LogP contribution in [0.4, 0.5) is 13.2 Å². The Morgan fingerprint density at radius 1 is 1.38 bits per heavy atom. The zero-order valence-electron chi connectivity index (χ0n) is 10.7. The monoisotopic (exact) mass is 372 g/mol. The van der Waals surface area contributed by atoms with Crippen LogP contribution in [-0.4, -0.2) is 35.8 Å². The second-order valence-corrected chi connectivity index (χ2v) is 4.94. The molecule has 2 unspecified atom stereocenters. The number of rotatable bonds is 5. The van der Waals surface area contributed by atoms with E-state index in [0.717, 1.165) is 19.2 Å². The number of aliphatic hydroxyl groups excluding tert-OH is 2. The summed E-state index contributed by atoms with van der Waals surface area (Å²) in [6.07, 6.45) is -8.90. The lowest BCUT2D eigenvalue weighted by molar-refractivity contribution is -0.275. The Balaban J connectivity index is 3.02. The molecular weight excluding hydrogens is 361 g/mol. The van der Waals surface area contributed by atoms with E-state index in [-0.39, 0.29) is 5.56 Å². The predicted octanol–water partition coefficient (Wildman–Crippen LogP) is 2.31. The third-order valence-corrected chi connectivity index (χ3v) is 2.98. The van der Waals surface area contributed by atoms with Gasteiger partial charge in [0.2, 0.25) is 0 Å². The summed E-state index contributed by atoms with van der Waals surface area (Å²) < 4.78 is 45.4. The van der Waals surface area contributed by atoms with Gasteiger partial charge in [0.15, 0.2) is 0 Å². The van der Waals surface area contributed by atoms with Crippen LogP contribution >= 0.6 is 15.9 Å². The number of carbonyl (C=O) groups is 1. The van der Waals surface area contributed by atoms with Crippen molar-refractivity contribution in [2.24, 2.45) is 0 Å². The zero-order chi connectivity index (χ0) is 16.2. The molecule has 0 fully saturated rings. The van der Waals surface area contributed by atoms with Crippen LogP contribution in [0.1, 0.15) is 18.1 Å². The number of halogens is 4. The highest BCUT2D eigenvalue weighted by atomic mass is 79.9. The van der Waals surface area contributed by atoms with Crippen molar-refractivity contribution in [3.63, 3.8) is 0 Å². The third kappa shape index (κ3) is 5.52. The summed E-state index contributed by atoms with van der Waals surface area (Å²) in [6, 6.07) is 3.51. The van der Waals surface area contributed by atoms with E-state index in [0.29, 0.717) is 4.47 Å². The SMILES string of the molecule is COC(=O)CC(O)C(O)c1ccc(Br)cc1OC(F)(F)F. The van der Waals surface area contributed by atoms with Crippen molar-refractivity contribution < 1.29 is 37.7 Å². The highest BCUT2D eigenvalue weighted by Gasteiger charge is 2.34. The van der Waals surface area contributed by atoms with E-state index in [1.54, 1.807) is 0 Å². The molecule has 1 aromatic rings. The predicted molar refractivity (Wildman–Crippen MR) is 68.4 cm³/mol. The van der Waals surface area contributed by atoms with Crippen LogP contribution in [-0.2, 0) is 9.53 Å². The first-order valence-corrected chi connectivity index (χ1v) is 6.41. The number of carbonyl (C=O) groups excluding carboxylic acids is 1. The van der Waals surface area contributed by atoms with E-state index in [1.165, 1.54) is 6.07 Å². The Kier molecular flexibility index (Phi) is 5.99. The Morgan fingerprint density at radius 2 is 2.00 bits per heavy atom. The Hall–Kier alpha value is -1.32. The molecule has 0 aliphatic heterocycles. The van der Waals surface area contributed by atoms with Crippen molar-refractivity contribution in [2.75, 3.05) is 7.11 Å². The van der Waals surface area contributed by atoms with Crippen molar-refractivity contribution in [3.05, 3.63) is 28.2 Å². The minimum atomic E-state index is -4.96. The van der Waals surface area contributed by atoms with Gasteiger partial charge in [0.05, 0.1) is 19.6 Å². The molecule has 1 aromatic carbocycles. The van der Waals surface area contributed by atoms with E-state index < -0.39 is 36.7 Å². The third-order valence-electron chi connectivity index (χ3n) is 2.49. The molecule has 0 aliphatic carbocycles. The lowest BCUT2D eigenvalue weighted by atomic mass is 10.0. The first-order valence-electron chi connectivity index (χ1n) is 5.62. The standard InChI is InChI=1S/C12H12BrF3O5/c1-20-10(18)5-8(17)11(19)7-3-2-6(13)4-9(7)21-12(14,15)16/h2-4,8,11,17,19H,5H2,1H3. The Bertz CT molecular complexity index is 506. The lowest BCUT2D eigenvalue weighted by Gasteiger charge is -2.21. The van der Waals surface area contributed by atoms with Gasteiger partial charge in [-0.1, -0.05) is 22.0 Å². The largest absolute Gasteiger partial charge is 0.573 e. The van der Waals surface area contributed by atoms with Gasteiger partial charge in [-0.05, 0) is 12.1 Å². The number of alkyl halides is 3. The van der Waals surface area contributed by atoms with Crippen LogP contribution in [0.15, 0.2) is 22.7 Å². The number of hydrogen-bond donors (Lipinski definition) is 2. The molecule has 0 spiro atoms. The average Bonchev–Trinajstić information content (AvgIpc) is 2.36.